The third kappa shape index (κ3) is 4.95. The quantitative estimate of drug-likeness (QED) is 0.197. The molecule has 2 heterocycles. The Bertz CT molecular complexity index is 2510. The first kappa shape index (κ1) is 27.0. The van der Waals surface area contributed by atoms with E-state index in [0.29, 0.717) is 5.82 Å². The topological polar surface area (TPSA) is 38.9 Å². The maximum atomic E-state index is 6.26. The summed E-state index contributed by atoms with van der Waals surface area (Å²) in [6.07, 6.45) is 0. The first-order chi connectivity index (χ1) is 23.3. The molecular weight excluding hydrogens is 572 g/mol. The predicted octanol–water partition coefficient (Wildman–Crippen LogP) is 11.9. The van der Waals surface area contributed by atoms with Crippen LogP contribution in [0.1, 0.15) is 0 Å². The number of hydrogen-bond donors (Lipinski definition) is 0. The second-order valence-electron chi connectivity index (χ2n) is 11.8. The van der Waals surface area contributed by atoms with E-state index in [1.807, 2.05) is 36.4 Å². The fourth-order valence-electron chi connectivity index (χ4n) is 6.53. The van der Waals surface area contributed by atoms with E-state index in [-0.39, 0.29) is 0 Å². The van der Waals surface area contributed by atoms with Crippen molar-refractivity contribution in [2.24, 2.45) is 0 Å². The van der Waals surface area contributed by atoms with Gasteiger partial charge in [0, 0.05) is 27.5 Å². The summed E-state index contributed by atoms with van der Waals surface area (Å²) in [6.45, 7) is 0. The minimum Gasteiger partial charge on any atom is -0.456 e. The number of furan rings is 1. The second-order valence-corrected chi connectivity index (χ2v) is 11.8. The van der Waals surface area contributed by atoms with E-state index < -0.39 is 0 Å². The Kier molecular flexibility index (Phi) is 6.46. The molecule has 0 spiro atoms. The van der Waals surface area contributed by atoms with E-state index in [1.54, 1.807) is 0 Å². The van der Waals surface area contributed by atoms with Crippen molar-refractivity contribution in [3.8, 4) is 56.2 Å². The lowest BCUT2D eigenvalue weighted by molar-refractivity contribution is 0.669. The molecule has 0 unspecified atom stereocenters. The van der Waals surface area contributed by atoms with Crippen molar-refractivity contribution < 1.29 is 4.42 Å². The summed E-state index contributed by atoms with van der Waals surface area (Å²) < 4.78 is 6.26. The van der Waals surface area contributed by atoms with Gasteiger partial charge in [0.2, 0.25) is 0 Å². The van der Waals surface area contributed by atoms with Crippen molar-refractivity contribution in [3.63, 3.8) is 0 Å². The van der Waals surface area contributed by atoms with Crippen LogP contribution >= 0.6 is 0 Å². The molecule has 0 aliphatic rings. The first-order valence-corrected chi connectivity index (χ1v) is 15.8. The van der Waals surface area contributed by atoms with Gasteiger partial charge in [-0.25, -0.2) is 9.97 Å². The van der Waals surface area contributed by atoms with Crippen LogP contribution in [-0.4, -0.2) is 9.97 Å². The average Bonchev–Trinajstić information content (AvgIpc) is 3.54. The summed E-state index contributed by atoms with van der Waals surface area (Å²) in [6, 6.07) is 59.2. The zero-order valence-electron chi connectivity index (χ0n) is 25.5. The molecule has 220 valence electrons. The molecule has 2 aromatic heterocycles. The Morgan fingerprint density at radius 3 is 1.64 bits per heavy atom. The Morgan fingerprint density at radius 1 is 0.340 bits per heavy atom. The van der Waals surface area contributed by atoms with Crippen LogP contribution in [0.3, 0.4) is 0 Å². The van der Waals surface area contributed by atoms with E-state index in [0.717, 1.165) is 66.9 Å². The predicted molar refractivity (Wildman–Crippen MR) is 194 cm³/mol. The van der Waals surface area contributed by atoms with Crippen LogP contribution < -0.4 is 0 Å². The van der Waals surface area contributed by atoms with Gasteiger partial charge >= 0.3 is 0 Å². The highest BCUT2D eigenvalue weighted by atomic mass is 16.3. The third-order valence-corrected chi connectivity index (χ3v) is 8.87. The molecule has 3 nitrogen and oxygen atoms in total. The summed E-state index contributed by atoms with van der Waals surface area (Å²) in [5, 5.41) is 4.72. The smallest absolute Gasteiger partial charge is 0.160 e. The standard InChI is InChI=1S/C44H28N2O/c1-3-12-30(13-4-1)39-28-40(46-44(45-39)31-14-5-2-6-15-31)36-19-10-18-34(26-36)32-16-9-17-33(25-32)35-22-23-41-38(27-35)43-37-20-8-7-11-29(37)21-24-42(43)47-41/h1-28H. The average molecular weight is 601 g/mol. The number of fused-ring (bicyclic) bond motifs is 5. The molecule has 0 atom stereocenters. The van der Waals surface area contributed by atoms with Gasteiger partial charge in [-0.1, -0.05) is 133 Å². The lowest BCUT2D eigenvalue weighted by atomic mass is 9.96. The Morgan fingerprint density at radius 2 is 0.894 bits per heavy atom. The Labute approximate surface area is 272 Å². The molecule has 0 N–H and O–H groups in total. The molecule has 0 amide bonds. The summed E-state index contributed by atoms with van der Waals surface area (Å²) in [5.74, 6) is 0.712. The van der Waals surface area contributed by atoms with Gasteiger partial charge in [-0.15, -0.1) is 0 Å². The van der Waals surface area contributed by atoms with Crippen molar-refractivity contribution in [1.29, 1.82) is 0 Å². The molecule has 0 saturated carbocycles. The van der Waals surface area contributed by atoms with Crippen LogP contribution in [0.15, 0.2) is 174 Å². The number of benzene rings is 7. The van der Waals surface area contributed by atoms with E-state index in [1.165, 1.54) is 16.2 Å². The van der Waals surface area contributed by atoms with Crippen LogP contribution in [-0.2, 0) is 0 Å². The lowest BCUT2D eigenvalue weighted by Crippen LogP contribution is -1.96. The van der Waals surface area contributed by atoms with Gasteiger partial charge in [0.1, 0.15) is 11.2 Å². The molecule has 9 rings (SSSR count). The normalized spacial score (nSPS) is 11.4. The monoisotopic (exact) mass is 600 g/mol. The maximum Gasteiger partial charge on any atom is 0.160 e. The minimum atomic E-state index is 0.712. The largest absolute Gasteiger partial charge is 0.456 e. The van der Waals surface area contributed by atoms with E-state index in [9.17, 15) is 0 Å². The van der Waals surface area contributed by atoms with Crippen LogP contribution in [0.5, 0.6) is 0 Å². The summed E-state index contributed by atoms with van der Waals surface area (Å²) in [4.78, 5) is 10.0. The third-order valence-electron chi connectivity index (χ3n) is 8.87. The van der Waals surface area contributed by atoms with E-state index in [2.05, 4.69) is 133 Å². The Hall–Kier alpha value is -6.32. The molecule has 0 aliphatic carbocycles. The molecule has 9 aromatic rings. The summed E-state index contributed by atoms with van der Waals surface area (Å²) >= 11 is 0. The second kappa shape index (κ2) is 11.2. The van der Waals surface area contributed by atoms with Crippen LogP contribution in [0, 0.1) is 0 Å². The van der Waals surface area contributed by atoms with Crippen molar-refractivity contribution >= 4 is 32.7 Å². The van der Waals surface area contributed by atoms with Crippen molar-refractivity contribution in [1.82, 2.24) is 9.97 Å². The highest BCUT2D eigenvalue weighted by Crippen LogP contribution is 2.38. The highest BCUT2D eigenvalue weighted by Gasteiger charge is 2.14. The molecule has 47 heavy (non-hydrogen) atoms. The Balaban J connectivity index is 1.13. The zero-order chi connectivity index (χ0) is 31.2. The highest BCUT2D eigenvalue weighted by molar-refractivity contribution is 6.19. The van der Waals surface area contributed by atoms with E-state index >= 15 is 0 Å². The van der Waals surface area contributed by atoms with Crippen molar-refractivity contribution in [2.75, 3.05) is 0 Å². The number of aromatic nitrogens is 2. The van der Waals surface area contributed by atoms with Gasteiger partial charge in [0.05, 0.1) is 11.4 Å². The van der Waals surface area contributed by atoms with Crippen LogP contribution in [0.2, 0.25) is 0 Å². The van der Waals surface area contributed by atoms with Gasteiger partial charge in [0.25, 0.3) is 0 Å². The molecule has 3 heteroatoms. The molecule has 0 aliphatic heterocycles. The van der Waals surface area contributed by atoms with Gasteiger partial charge in [-0.3, -0.25) is 0 Å². The van der Waals surface area contributed by atoms with Gasteiger partial charge < -0.3 is 4.42 Å². The maximum absolute atomic E-state index is 6.26. The van der Waals surface area contributed by atoms with Gasteiger partial charge in [0.15, 0.2) is 5.82 Å². The van der Waals surface area contributed by atoms with Crippen LogP contribution in [0.4, 0.5) is 0 Å². The number of hydrogen-bond acceptors (Lipinski definition) is 3. The summed E-state index contributed by atoms with van der Waals surface area (Å²) in [5.41, 5.74) is 11.3. The SMILES string of the molecule is c1ccc(-c2cc(-c3cccc(-c4cccc(-c5ccc6oc7ccc8ccccc8c7c6c5)c4)c3)nc(-c3ccccc3)n2)cc1. The number of rotatable bonds is 5. The van der Waals surface area contributed by atoms with Crippen molar-refractivity contribution in [3.05, 3.63) is 170 Å². The molecule has 0 bridgehead atoms. The van der Waals surface area contributed by atoms with Crippen LogP contribution in [0.25, 0.3) is 88.9 Å². The number of nitrogens with zero attached hydrogens (tertiary/aromatic N) is 2. The first-order valence-electron chi connectivity index (χ1n) is 15.8. The fraction of sp³-hybridized carbons (Fsp3) is 0. The molecule has 7 aromatic carbocycles. The molecule has 0 fully saturated rings. The van der Waals surface area contributed by atoms with Crippen molar-refractivity contribution in [2.45, 2.75) is 0 Å². The lowest BCUT2D eigenvalue weighted by Gasteiger charge is -2.11. The molecular formula is C44H28N2O. The molecule has 0 saturated heterocycles. The zero-order valence-corrected chi connectivity index (χ0v) is 25.5. The summed E-state index contributed by atoms with van der Waals surface area (Å²) in [7, 11) is 0. The molecule has 0 radical (unpaired) electrons. The van der Waals surface area contributed by atoms with E-state index in [4.69, 9.17) is 14.4 Å². The minimum absolute atomic E-state index is 0.712. The van der Waals surface area contributed by atoms with Gasteiger partial charge in [-0.05, 0) is 69.4 Å². The fourth-order valence-corrected chi connectivity index (χ4v) is 6.53. The van der Waals surface area contributed by atoms with Gasteiger partial charge in [-0.2, -0.15) is 0 Å².